The van der Waals surface area contributed by atoms with Gasteiger partial charge < -0.3 is 20.4 Å². The van der Waals surface area contributed by atoms with Gasteiger partial charge in [-0.1, -0.05) is 60.7 Å². The summed E-state index contributed by atoms with van der Waals surface area (Å²) >= 11 is 0. The van der Waals surface area contributed by atoms with Crippen LogP contribution in [0.4, 0.5) is 0 Å². The van der Waals surface area contributed by atoms with E-state index in [2.05, 4.69) is 15.8 Å². The maximum Gasteiger partial charge on any atom is 0.354 e. The van der Waals surface area contributed by atoms with Gasteiger partial charge in [-0.3, -0.25) is 9.89 Å². The van der Waals surface area contributed by atoms with E-state index in [9.17, 15) is 30.0 Å². The average Bonchev–Trinajstić information content (AvgIpc) is 3.45. The van der Waals surface area contributed by atoms with Crippen molar-refractivity contribution in [2.75, 3.05) is 0 Å². The van der Waals surface area contributed by atoms with Crippen LogP contribution in [0.3, 0.4) is 0 Å². The summed E-state index contributed by atoms with van der Waals surface area (Å²) in [6.07, 6.45) is 4.10. The summed E-state index contributed by atoms with van der Waals surface area (Å²) < 4.78 is 1.16. The summed E-state index contributed by atoms with van der Waals surface area (Å²) in [5.41, 5.74) is 5.23. The average molecular weight is 560 g/mol. The van der Waals surface area contributed by atoms with Gasteiger partial charge in [0.1, 0.15) is 5.75 Å². The number of carboxylic acid groups (broad SMARTS) is 1. The second kappa shape index (κ2) is 10.8. The molecule has 5 N–H and O–H groups in total. The number of allylic oxidation sites excluding steroid dienone is 2. The fraction of sp³-hybridized carbons (Fsp3) is 0.0909. The lowest BCUT2D eigenvalue weighted by molar-refractivity contribution is 0.0689. The molecule has 0 fully saturated rings. The van der Waals surface area contributed by atoms with E-state index >= 15 is 0 Å². The van der Waals surface area contributed by atoms with Crippen molar-refractivity contribution in [2.24, 2.45) is 0 Å². The number of aromatic hydroxyl groups is 1. The summed E-state index contributed by atoms with van der Waals surface area (Å²) in [4.78, 5) is 29.1. The Hall–Kier alpha value is -5.47. The van der Waals surface area contributed by atoms with Crippen LogP contribution >= 0.6 is 0 Å². The molecular formula is C33H25N3O6. The number of carboxylic acids is 1. The van der Waals surface area contributed by atoms with Crippen LogP contribution < -0.4 is 5.56 Å². The number of benzene rings is 3. The molecule has 1 aliphatic carbocycles. The van der Waals surface area contributed by atoms with Crippen LogP contribution in [0.2, 0.25) is 0 Å². The largest absolute Gasteiger partial charge is 0.506 e. The van der Waals surface area contributed by atoms with Gasteiger partial charge in [0.05, 0.1) is 40.6 Å². The normalized spacial score (nSPS) is 17.7. The fourth-order valence-corrected chi connectivity index (χ4v) is 5.30. The molecule has 3 aromatic carbocycles. The zero-order valence-electron chi connectivity index (χ0n) is 22.0. The van der Waals surface area contributed by atoms with Crippen molar-refractivity contribution in [1.82, 2.24) is 14.8 Å². The molecular weight excluding hydrogens is 534 g/mol. The lowest BCUT2D eigenvalue weighted by atomic mass is 9.95. The Bertz CT molecular complexity index is 1980. The van der Waals surface area contributed by atoms with Crippen molar-refractivity contribution in [2.45, 2.75) is 18.1 Å². The lowest BCUT2D eigenvalue weighted by Gasteiger charge is -2.19. The third kappa shape index (κ3) is 4.74. The van der Waals surface area contributed by atoms with Crippen molar-refractivity contribution < 1.29 is 25.2 Å². The minimum Gasteiger partial charge on any atom is -0.506 e. The van der Waals surface area contributed by atoms with Gasteiger partial charge in [-0.25, -0.2) is 14.5 Å². The van der Waals surface area contributed by atoms with Crippen LogP contribution in [0, 0.1) is 0 Å². The molecule has 0 saturated carbocycles. The number of aliphatic hydroxyl groups is 2. The molecule has 42 heavy (non-hydrogen) atoms. The van der Waals surface area contributed by atoms with Gasteiger partial charge >= 0.3 is 5.97 Å². The van der Waals surface area contributed by atoms with Gasteiger partial charge in [0, 0.05) is 5.39 Å². The van der Waals surface area contributed by atoms with E-state index in [1.165, 1.54) is 12.2 Å². The molecule has 5 aromatic rings. The van der Waals surface area contributed by atoms with Crippen molar-refractivity contribution in [3.63, 3.8) is 0 Å². The molecule has 0 aliphatic heterocycles. The van der Waals surface area contributed by atoms with Gasteiger partial charge in [0.2, 0.25) is 0 Å². The molecule has 0 saturated heterocycles. The smallest absolute Gasteiger partial charge is 0.354 e. The third-order valence-electron chi connectivity index (χ3n) is 7.34. The molecule has 0 amide bonds. The number of hydrogen-bond acceptors (Lipinski definition) is 6. The molecule has 3 unspecified atom stereocenters. The van der Waals surface area contributed by atoms with Crippen molar-refractivity contribution in [3.05, 3.63) is 141 Å². The zero-order valence-corrected chi connectivity index (χ0v) is 22.0. The van der Waals surface area contributed by atoms with Crippen LogP contribution in [0.5, 0.6) is 5.75 Å². The van der Waals surface area contributed by atoms with Crippen molar-refractivity contribution in [1.29, 1.82) is 0 Å². The Morgan fingerprint density at radius 1 is 0.952 bits per heavy atom. The number of para-hydroxylation sites is 2. The summed E-state index contributed by atoms with van der Waals surface area (Å²) in [6.45, 7) is 0. The summed E-state index contributed by atoms with van der Waals surface area (Å²) in [5, 5.41) is 45.8. The first-order valence-corrected chi connectivity index (χ1v) is 13.1. The Morgan fingerprint density at radius 3 is 2.48 bits per heavy atom. The number of nitrogens with zero attached hydrogens (tertiary/aromatic N) is 2. The van der Waals surface area contributed by atoms with Gasteiger partial charge in [-0.05, 0) is 59.2 Å². The second-order valence-electron chi connectivity index (χ2n) is 9.91. The molecule has 9 heteroatoms. The van der Waals surface area contributed by atoms with E-state index < -0.39 is 29.7 Å². The standard InChI is InChI=1S/C33H25N3O6/c37-26-18-20-10-7-8-14-25(20)34-29(26)27-30(38)22-16-15-19(17-24(22)31(27)39)9-3-1-6-13-23-28(33(41)42)35-36(32(23)40)21-11-4-2-5-12-21/h1-5,7-18,27,30-31,35,37-39H,(H,41,42)/b9-3+. The predicted molar refractivity (Wildman–Crippen MR) is 157 cm³/mol. The number of fused-ring (bicyclic) bond motifs is 2. The number of pyridine rings is 1. The number of hydrogen-bond donors (Lipinski definition) is 5. The number of aromatic amines is 1. The first-order chi connectivity index (χ1) is 20.3. The third-order valence-corrected chi connectivity index (χ3v) is 7.34. The maximum absolute atomic E-state index is 12.9. The second-order valence-corrected chi connectivity index (χ2v) is 9.91. The van der Waals surface area contributed by atoms with Gasteiger partial charge in [0.25, 0.3) is 5.56 Å². The Kier molecular flexibility index (Phi) is 6.90. The fourth-order valence-electron chi connectivity index (χ4n) is 5.30. The summed E-state index contributed by atoms with van der Waals surface area (Å²) in [5.74, 6) is -2.20. The Morgan fingerprint density at radius 2 is 1.69 bits per heavy atom. The molecule has 0 radical (unpaired) electrons. The molecule has 3 atom stereocenters. The van der Waals surface area contributed by atoms with Crippen LogP contribution in [0.25, 0.3) is 28.7 Å². The van der Waals surface area contributed by atoms with Crippen molar-refractivity contribution in [3.8, 4) is 11.4 Å². The molecule has 6 rings (SSSR count). The highest BCUT2D eigenvalue weighted by Gasteiger charge is 2.42. The highest BCUT2D eigenvalue weighted by molar-refractivity contribution is 5.89. The summed E-state index contributed by atoms with van der Waals surface area (Å²) in [7, 11) is 0. The molecule has 2 heterocycles. The van der Waals surface area contributed by atoms with E-state index in [-0.39, 0.29) is 22.7 Å². The van der Waals surface area contributed by atoms with Crippen LogP contribution in [-0.4, -0.2) is 41.2 Å². The number of nitrogens with one attached hydrogen (secondary N) is 1. The topological polar surface area (TPSA) is 149 Å². The first kappa shape index (κ1) is 26.7. The molecule has 1 aliphatic rings. The van der Waals surface area contributed by atoms with E-state index in [0.717, 1.165) is 15.6 Å². The number of carbonyl (C=O) groups is 1. The number of rotatable bonds is 6. The number of aliphatic hydroxyl groups excluding tert-OH is 2. The van der Waals surface area contributed by atoms with E-state index in [4.69, 9.17) is 0 Å². The monoisotopic (exact) mass is 559 g/mol. The molecule has 208 valence electrons. The number of aromatic carboxylic acids is 1. The zero-order chi connectivity index (χ0) is 29.4. The minimum atomic E-state index is -1.27. The lowest BCUT2D eigenvalue weighted by Crippen LogP contribution is -2.15. The Balaban J connectivity index is 1.25. The highest BCUT2D eigenvalue weighted by Crippen LogP contribution is 2.51. The molecule has 2 aromatic heterocycles. The first-order valence-electron chi connectivity index (χ1n) is 13.1. The van der Waals surface area contributed by atoms with Crippen LogP contribution in [-0.2, 0) is 0 Å². The molecule has 0 bridgehead atoms. The SMILES string of the molecule is O=C(O)c1[nH]n(-c2ccccc2)c(=O)c1C=C=C/C=C/c1ccc2c(c1)C(O)C(c1nc3ccccc3cc1O)C2O. The van der Waals surface area contributed by atoms with Crippen molar-refractivity contribution >= 4 is 29.0 Å². The minimum absolute atomic E-state index is 0.0396. The van der Waals surface area contributed by atoms with E-state index in [1.807, 2.05) is 18.2 Å². The van der Waals surface area contributed by atoms with Gasteiger partial charge in [-0.2, -0.15) is 0 Å². The Labute approximate surface area is 239 Å². The van der Waals surface area contributed by atoms with Gasteiger partial charge in [-0.15, -0.1) is 5.73 Å². The van der Waals surface area contributed by atoms with Crippen LogP contribution in [0.15, 0.2) is 102 Å². The quantitative estimate of drug-likeness (QED) is 0.147. The van der Waals surface area contributed by atoms with E-state index in [0.29, 0.717) is 22.3 Å². The number of H-pyrrole nitrogens is 1. The predicted octanol–water partition coefficient (Wildman–Crippen LogP) is 4.86. The van der Waals surface area contributed by atoms with Crippen LogP contribution in [0.1, 0.15) is 56.6 Å². The van der Waals surface area contributed by atoms with E-state index in [1.54, 1.807) is 72.8 Å². The maximum atomic E-state index is 12.9. The summed E-state index contributed by atoms with van der Waals surface area (Å²) in [6, 6.07) is 22.8. The van der Waals surface area contributed by atoms with Gasteiger partial charge in [0.15, 0.2) is 5.69 Å². The molecule has 0 spiro atoms. The highest BCUT2D eigenvalue weighted by atomic mass is 16.4. The molecule has 9 nitrogen and oxygen atoms in total. The number of aromatic nitrogens is 3.